The first-order valence-electron chi connectivity index (χ1n) is 7.15. The van der Waals surface area contributed by atoms with Crippen molar-refractivity contribution in [3.05, 3.63) is 53.8 Å². The van der Waals surface area contributed by atoms with E-state index in [1.165, 1.54) is 17.7 Å². The number of nitrogens with two attached hydrogens (primary N) is 1. The van der Waals surface area contributed by atoms with Crippen LogP contribution in [0.2, 0.25) is 0 Å². The number of nitrogens with zero attached hydrogens (tertiary/aromatic N) is 1. The summed E-state index contributed by atoms with van der Waals surface area (Å²) < 4.78 is 18.8. The van der Waals surface area contributed by atoms with Crippen molar-refractivity contribution < 1.29 is 9.13 Å². The third kappa shape index (κ3) is 2.72. The van der Waals surface area contributed by atoms with E-state index in [9.17, 15) is 4.39 Å². The van der Waals surface area contributed by atoms with Gasteiger partial charge in [0.2, 0.25) is 0 Å². The second-order valence-electron chi connectivity index (χ2n) is 5.33. The minimum absolute atomic E-state index is 0.230. The number of fused-ring (bicyclic) bond motifs is 1. The lowest BCUT2D eigenvalue weighted by Crippen LogP contribution is -2.21. The average molecular weight is 286 g/mol. The molecule has 3 rings (SSSR count). The Morgan fingerprint density at radius 3 is 2.62 bits per heavy atom. The highest BCUT2D eigenvalue weighted by molar-refractivity contribution is 5.65. The number of ether oxygens (including phenoxy) is 1. The summed E-state index contributed by atoms with van der Waals surface area (Å²) in [6.45, 7) is 1.35. The van der Waals surface area contributed by atoms with Crippen molar-refractivity contribution in [1.82, 2.24) is 0 Å². The van der Waals surface area contributed by atoms with Gasteiger partial charge in [-0.25, -0.2) is 4.39 Å². The van der Waals surface area contributed by atoms with E-state index in [4.69, 9.17) is 10.5 Å². The third-order valence-corrected chi connectivity index (χ3v) is 4.05. The standard InChI is InChI=1S/C17H19FN2O/c1-20(14-4-2-13(18)3-5-14)15-6-7-16-12(11-19)8-9-21-17(16)10-15/h2-7,10,12H,8-9,11,19H2,1H3/t12-/m0/s1. The van der Waals surface area contributed by atoms with E-state index in [2.05, 4.69) is 12.1 Å². The second-order valence-corrected chi connectivity index (χ2v) is 5.33. The van der Waals surface area contributed by atoms with Gasteiger partial charge in [-0.3, -0.25) is 0 Å². The summed E-state index contributed by atoms with van der Waals surface area (Å²) in [4.78, 5) is 2.01. The summed E-state index contributed by atoms with van der Waals surface area (Å²) in [5.74, 6) is 1.05. The largest absolute Gasteiger partial charge is 0.493 e. The van der Waals surface area contributed by atoms with Gasteiger partial charge in [-0.15, -0.1) is 0 Å². The molecule has 0 fully saturated rings. The van der Waals surface area contributed by atoms with Gasteiger partial charge in [-0.05, 0) is 48.9 Å². The minimum Gasteiger partial charge on any atom is -0.493 e. The summed E-state index contributed by atoms with van der Waals surface area (Å²) in [6.07, 6.45) is 0.969. The summed E-state index contributed by atoms with van der Waals surface area (Å²) in [5.41, 5.74) is 8.95. The van der Waals surface area contributed by atoms with Crippen molar-refractivity contribution in [2.45, 2.75) is 12.3 Å². The molecular weight excluding hydrogens is 267 g/mol. The molecule has 110 valence electrons. The Morgan fingerprint density at radius 1 is 1.19 bits per heavy atom. The molecule has 3 nitrogen and oxygen atoms in total. The number of halogens is 1. The van der Waals surface area contributed by atoms with Gasteiger partial charge < -0.3 is 15.4 Å². The molecule has 1 aliphatic rings. The van der Waals surface area contributed by atoms with Gasteiger partial charge in [0.25, 0.3) is 0 Å². The van der Waals surface area contributed by atoms with Crippen molar-refractivity contribution >= 4 is 11.4 Å². The first kappa shape index (κ1) is 13.9. The van der Waals surface area contributed by atoms with Crippen LogP contribution >= 0.6 is 0 Å². The Kier molecular flexibility index (Phi) is 3.80. The lowest BCUT2D eigenvalue weighted by atomic mass is 9.93. The second kappa shape index (κ2) is 5.74. The van der Waals surface area contributed by atoms with Crippen molar-refractivity contribution in [3.63, 3.8) is 0 Å². The molecule has 0 amide bonds. The number of benzene rings is 2. The summed E-state index contributed by atoms with van der Waals surface area (Å²) in [7, 11) is 1.96. The Labute approximate surface area is 124 Å². The molecule has 1 atom stereocenters. The molecule has 4 heteroatoms. The van der Waals surface area contributed by atoms with Crippen molar-refractivity contribution in [1.29, 1.82) is 0 Å². The van der Waals surface area contributed by atoms with Crippen molar-refractivity contribution in [2.24, 2.45) is 5.73 Å². The highest BCUT2D eigenvalue weighted by Crippen LogP contribution is 2.37. The van der Waals surface area contributed by atoms with E-state index in [-0.39, 0.29) is 5.82 Å². The molecule has 0 unspecified atom stereocenters. The fourth-order valence-corrected chi connectivity index (χ4v) is 2.72. The van der Waals surface area contributed by atoms with Crippen LogP contribution in [0.25, 0.3) is 0 Å². The molecule has 2 aromatic carbocycles. The van der Waals surface area contributed by atoms with E-state index in [0.717, 1.165) is 23.5 Å². The van der Waals surface area contributed by atoms with Gasteiger partial charge in [0.05, 0.1) is 6.61 Å². The van der Waals surface area contributed by atoms with Crippen LogP contribution < -0.4 is 15.4 Å². The zero-order valence-corrected chi connectivity index (χ0v) is 12.1. The van der Waals surface area contributed by atoms with Crippen molar-refractivity contribution in [2.75, 3.05) is 25.1 Å². The maximum Gasteiger partial charge on any atom is 0.124 e. The van der Waals surface area contributed by atoms with E-state index < -0.39 is 0 Å². The highest BCUT2D eigenvalue weighted by Gasteiger charge is 2.21. The smallest absolute Gasteiger partial charge is 0.124 e. The van der Waals surface area contributed by atoms with Gasteiger partial charge >= 0.3 is 0 Å². The zero-order chi connectivity index (χ0) is 14.8. The first-order chi connectivity index (χ1) is 10.2. The molecule has 1 heterocycles. The van der Waals surface area contributed by atoms with Crippen LogP contribution in [0.5, 0.6) is 5.75 Å². The highest BCUT2D eigenvalue weighted by atomic mass is 19.1. The predicted octanol–water partition coefficient (Wildman–Crippen LogP) is 3.42. The predicted molar refractivity (Wildman–Crippen MR) is 82.8 cm³/mol. The van der Waals surface area contributed by atoms with Crippen LogP contribution in [0.4, 0.5) is 15.8 Å². The average Bonchev–Trinajstić information content (AvgIpc) is 2.53. The lowest BCUT2D eigenvalue weighted by Gasteiger charge is -2.27. The third-order valence-electron chi connectivity index (χ3n) is 4.05. The molecule has 0 aromatic heterocycles. The lowest BCUT2D eigenvalue weighted by molar-refractivity contribution is 0.269. The van der Waals surface area contributed by atoms with Crippen LogP contribution in [0.15, 0.2) is 42.5 Å². The first-order valence-corrected chi connectivity index (χ1v) is 7.15. The molecule has 0 radical (unpaired) electrons. The molecule has 0 saturated carbocycles. The van der Waals surface area contributed by atoms with E-state index >= 15 is 0 Å². The molecule has 2 N–H and O–H groups in total. The number of anilines is 2. The molecule has 0 bridgehead atoms. The minimum atomic E-state index is -0.230. The van der Waals surface area contributed by atoms with Crippen LogP contribution in [0.3, 0.4) is 0 Å². The fraction of sp³-hybridized carbons (Fsp3) is 0.294. The van der Waals surface area contributed by atoms with Crippen LogP contribution in [-0.4, -0.2) is 20.2 Å². The van der Waals surface area contributed by atoms with Gasteiger partial charge in [0, 0.05) is 30.4 Å². The van der Waals surface area contributed by atoms with Gasteiger partial charge in [0.15, 0.2) is 0 Å². The number of rotatable bonds is 3. The Hall–Kier alpha value is -2.07. The van der Waals surface area contributed by atoms with Gasteiger partial charge in [-0.1, -0.05) is 6.07 Å². The quantitative estimate of drug-likeness (QED) is 0.939. The fourth-order valence-electron chi connectivity index (χ4n) is 2.72. The zero-order valence-electron chi connectivity index (χ0n) is 12.1. The van der Waals surface area contributed by atoms with Crippen LogP contribution in [0.1, 0.15) is 17.9 Å². The van der Waals surface area contributed by atoms with Crippen LogP contribution in [-0.2, 0) is 0 Å². The molecule has 21 heavy (non-hydrogen) atoms. The number of hydrogen-bond donors (Lipinski definition) is 1. The summed E-state index contributed by atoms with van der Waals surface area (Å²) in [5, 5.41) is 0. The van der Waals surface area contributed by atoms with Gasteiger partial charge in [-0.2, -0.15) is 0 Å². The molecule has 0 spiro atoms. The molecule has 0 saturated heterocycles. The van der Waals surface area contributed by atoms with Crippen LogP contribution in [0, 0.1) is 5.82 Å². The topological polar surface area (TPSA) is 38.5 Å². The van der Waals surface area contributed by atoms with E-state index in [1.807, 2.05) is 18.0 Å². The summed E-state index contributed by atoms with van der Waals surface area (Å²) in [6, 6.07) is 12.6. The van der Waals surface area contributed by atoms with Crippen molar-refractivity contribution in [3.8, 4) is 5.75 Å². The normalized spacial score (nSPS) is 17.0. The molecule has 1 aliphatic heterocycles. The Bertz CT molecular complexity index is 627. The monoisotopic (exact) mass is 286 g/mol. The molecule has 2 aromatic rings. The Morgan fingerprint density at radius 2 is 1.90 bits per heavy atom. The molecular formula is C17H19FN2O. The van der Waals surface area contributed by atoms with E-state index in [0.29, 0.717) is 19.1 Å². The molecule has 0 aliphatic carbocycles. The van der Waals surface area contributed by atoms with E-state index in [1.54, 1.807) is 12.1 Å². The SMILES string of the molecule is CN(c1ccc(F)cc1)c1ccc2c(c1)OCC[C@H]2CN. The van der Waals surface area contributed by atoms with Gasteiger partial charge in [0.1, 0.15) is 11.6 Å². The Balaban J connectivity index is 1.91. The number of hydrogen-bond acceptors (Lipinski definition) is 3. The summed E-state index contributed by atoms with van der Waals surface area (Å²) >= 11 is 0. The maximum atomic E-state index is 13.0. The maximum absolute atomic E-state index is 13.0.